The van der Waals surface area contributed by atoms with Crippen molar-refractivity contribution < 1.29 is 0 Å². The molecular formula is C7H12ClN. The first kappa shape index (κ1) is 11.3. The molecule has 1 aromatic heterocycles. The van der Waals surface area contributed by atoms with Gasteiger partial charge in [0.25, 0.3) is 0 Å². The zero-order valence-electron chi connectivity index (χ0n) is 5.74. The van der Waals surface area contributed by atoms with E-state index in [2.05, 4.69) is 4.98 Å². The highest BCUT2D eigenvalue weighted by Gasteiger charge is 1.58. The fraction of sp³-hybridized carbons (Fsp3) is 0.286. The maximum absolute atomic E-state index is 3.78. The van der Waals surface area contributed by atoms with E-state index in [4.69, 9.17) is 0 Å². The smallest absolute Gasteiger partial charge is 0.0267 e. The SMILES string of the molecule is CC.Cl.c1ccncc1. The molecule has 0 saturated heterocycles. The average Bonchev–Trinajstić information content (AvgIpc) is 1.96. The average molecular weight is 146 g/mol. The minimum atomic E-state index is 0. The molecule has 9 heavy (non-hydrogen) atoms. The predicted octanol–water partition coefficient (Wildman–Crippen LogP) is 2.53. The van der Waals surface area contributed by atoms with Gasteiger partial charge in [-0.2, -0.15) is 0 Å². The summed E-state index contributed by atoms with van der Waals surface area (Å²) in [7, 11) is 0. The molecule has 0 saturated carbocycles. The standard InChI is InChI=1S/C5H5N.C2H6.ClH/c1-2-4-6-5-3-1;1-2;/h1-5H;1-2H3;1H. The number of halogens is 1. The highest BCUT2D eigenvalue weighted by Crippen LogP contribution is 1.73. The Bertz CT molecular complexity index is 80.8. The minimum absolute atomic E-state index is 0. The Kier molecular flexibility index (Phi) is 13.1. The summed E-state index contributed by atoms with van der Waals surface area (Å²) < 4.78 is 0. The second-order valence-electron chi connectivity index (χ2n) is 1.02. The van der Waals surface area contributed by atoms with E-state index in [1.165, 1.54) is 0 Å². The van der Waals surface area contributed by atoms with Gasteiger partial charge in [0, 0.05) is 12.4 Å². The summed E-state index contributed by atoms with van der Waals surface area (Å²) in [5.41, 5.74) is 0. The van der Waals surface area contributed by atoms with Gasteiger partial charge in [-0.25, -0.2) is 0 Å². The zero-order valence-corrected chi connectivity index (χ0v) is 6.56. The molecule has 0 aromatic carbocycles. The van der Waals surface area contributed by atoms with Crippen LogP contribution in [-0.2, 0) is 0 Å². The molecule has 0 aliphatic carbocycles. The monoisotopic (exact) mass is 145 g/mol. The molecule has 0 bridgehead atoms. The first-order chi connectivity index (χ1) is 4.00. The summed E-state index contributed by atoms with van der Waals surface area (Å²) in [6.07, 6.45) is 3.50. The molecule has 0 aliphatic heterocycles. The molecule has 1 nitrogen and oxygen atoms in total. The first-order valence-corrected chi connectivity index (χ1v) is 2.85. The summed E-state index contributed by atoms with van der Waals surface area (Å²) in [6.45, 7) is 4.00. The molecule has 0 unspecified atom stereocenters. The molecule has 52 valence electrons. The van der Waals surface area contributed by atoms with Crippen LogP contribution in [0, 0.1) is 0 Å². The molecule has 1 rings (SSSR count). The quantitative estimate of drug-likeness (QED) is 0.547. The highest BCUT2D eigenvalue weighted by molar-refractivity contribution is 5.85. The Morgan fingerprint density at radius 2 is 1.33 bits per heavy atom. The fourth-order valence-electron chi connectivity index (χ4n) is 0.313. The van der Waals surface area contributed by atoms with E-state index in [0.29, 0.717) is 0 Å². The van der Waals surface area contributed by atoms with Crippen molar-refractivity contribution in [1.29, 1.82) is 0 Å². The molecule has 1 aromatic rings. The summed E-state index contributed by atoms with van der Waals surface area (Å²) >= 11 is 0. The summed E-state index contributed by atoms with van der Waals surface area (Å²) in [4.78, 5) is 3.78. The van der Waals surface area contributed by atoms with Crippen LogP contribution in [0.1, 0.15) is 13.8 Å². The van der Waals surface area contributed by atoms with Crippen molar-refractivity contribution in [2.45, 2.75) is 13.8 Å². The van der Waals surface area contributed by atoms with E-state index in [1.54, 1.807) is 12.4 Å². The van der Waals surface area contributed by atoms with E-state index >= 15 is 0 Å². The second-order valence-corrected chi connectivity index (χ2v) is 1.02. The van der Waals surface area contributed by atoms with Crippen molar-refractivity contribution in [1.82, 2.24) is 4.98 Å². The third-order valence-corrected chi connectivity index (χ3v) is 0.566. The van der Waals surface area contributed by atoms with Gasteiger partial charge in [0.05, 0.1) is 0 Å². The summed E-state index contributed by atoms with van der Waals surface area (Å²) in [5, 5.41) is 0. The number of rotatable bonds is 0. The zero-order chi connectivity index (χ0) is 6.24. The lowest BCUT2D eigenvalue weighted by Crippen LogP contribution is -1.58. The van der Waals surface area contributed by atoms with Crippen LogP contribution in [0.4, 0.5) is 0 Å². The first-order valence-electron chi connectivity index (χ1n) is 2.85. The van der Waals surface area contributed by atoms with Crippen LogP contribution in [0.25, 0.3) is 0 Å². The van der Waals surface area contributed by atoms with Gasteiger partial charge in [-0.05, 0) is 12.1 Å². The Morgan fingerprint density at radius 3 is 1.44 bits per heavy atom. The molecule has 0 atom stereocenters. The molecule has 0 spiro atoms. The van der Waals surface area contributed by atoms with Gasteiger partial charge < -0.3 is 0 Å². The summed E-state index contributed by atoms with van der Waals surface area (Å²) in [6, 6.07) is 5.72. The lowest BCUT2D eigenvalue weighted by Gasteiger charge is -1.70. The molecule has 0 aliphatic rings. The Labute approximate surface area is 62.5 Å². The molecular weight excluding hydrogens is 134 g/mol. The third-order valence-electron chi connectivity index (χ3n) is 0.566. The molecule has 0 fully saturated rings. The van der Waals surface area contributed by atoms with Crippen LogP contribution in [0.15, 0.2) is 30.6 Å². The molecule has 1 heterocycles. The Morgan fingerprint density at radius 1 is 0.889 bits per heavy atom. The van der Waals surface area contributed by atoms with E-state index in [0.717, 1.165) is 0 Å². The van der Waals surface area contributed by atoms with Gasteiger partial charge in [-0.15, -0.1) is 12.4 Å². The molecule has 2 heteroatoms. The van der Waals surface area contributed by atoms with Crippen LogP contribution in [0.2, 0.25) is 0 Å². The van der Waals surface area contributed by atoms with Gasteiger partial charge in [0.1, 0.15) is 0 Å². The topological polar surface area (TPSA) is 12.9 Å². The van der Waals surface area contributed by atoms with Crippen molar-refractivity contribution in [3.63, 3.8) is 0 Å². The summed E-state index contributed by atoms with van der Waals surface area (Å²) in [5.74, 6) is 0. The van der Waals surface area contributed by atoms with Crippen molar-refractivity contribution >= 4 is 12.4 Å². The van der Waals surface area contributed by atoms with E-state index < -0.39 is 0 Å². The molecule has 0 amide bonds. The Hall–Kier alpha value is -0.560. The maximum Gasteiger partial charge on any atom is 0.0267 e. The van der Waals surface area contributed by atoms with Crippen molar-refractivity contribution in [2.24, 2.45) is 0 Å². The van der Waals surface area contributed by atoms with Gasteiger partial charge >= 0.3 is 0 Å². The molecule has 0 radical (unpaired) electrons. The fourth-order valence-corrected chi connectivity index (χ4v) is 0.313. The van der Waals surface area contributed by atoms with Crippen LogP contribution < -0.4 is 0 Å². The van der Waals surface area contributed by atoms with Crippen molar-refractivity contribution in [3.05, 3.63) is 30.6 Å². The Balaban J connectivity index is 0. The highest BCUT2D eigenvalue weighted by atomic mass is 35.5. The number of hydrogen-bond donors (Lipinski definition) is 0. The molecule has 0 N–H and O–H groups in total. The lowest BCUT2D eigenvalue weighted by atomic mass is 10.5. The van der Waals surface area contributed by atoms with Gasteiger partial charge in [0.15, 0.2) is 0 Å². The van der Waals surface area contributed by atoms with E-state index in [9.17, 15) is 0 Å². The number of pyridine rings is 1. The van der Waals surface area contributed by atoms with Crippen LogP contribution in [-0.4, -0.2) is 4.98 Å². The maximum atomic E-state index is 3.78. The number of nitrogens with zero attached hydrogens (tertiary/aromatic N) is 1. The van der Waals surface area contributed by atoms with Gasteiger partial charge in [-0.3, -0.25) is 4.98 Å². The van der Waals surface area contributed by atoms with Crippen LogP contribution >= 0.6 is 12.4 Å². The van der Waals surface area contributed by atoms with Crippen LogP contribution in [0.3, 0.4) is 0 Å². The number of aromatic nitrogens is 1. The van der Waals surface area contributed by atoms with Crippen LogP contribution in [0.5, 0.6) is 0 Å². The third kappa shape index (κ3) is 7.44. The van der Waals surface area contributed by atoms with Crippen molar-refractivity contribution in [2.75, 3.05) is 0 Å². The normalized spacial score (nSPS) is 6.00. The minimum Gasteiger partial charge on any atom is -0.265 e. The second kappa shape index (κ2) is 10.4. The van der Waals surface area contributed by atoms with E-state index in [1.807, 2.05) is 32.0 Å². The number of hydrogen-bond acceptors (Lipinski definition) is 1. The lowest BCUT2D eigenvalue weighted by molar-refractivity contribution is 1.33. The predicted molar refractivity (Wildman–Crippen MR) is 42.8 cm³/mol. The van der Waals surface area contributed by atoms with E-state index in [-0.39, 0.29) is 12.4 Å². The van der Waals surface area contributed by atoms with Crippen molar-refractivity contribution in [3.8, 4) is 0 Å². The van der Waals surface area contributed by atoms with Gasteiger partial charge in [-0.1, -0.05) is 19.9 Å². The largest absolute Gasteiger partial charge is 0.265 e. The van der Waals surface area contributed by atoms with Gasteiger partial charge in [0.2, 0.25) is 0 Å².